The molecule has 2 aromatic rings. The maximum Gasteiger partial charge on any atom is 0.193 e. The molecule has 0 saturated carbocycles. The van der Waals surface area contributed by atoms with Gasteiger partial charge in [0.05, 0.1) is 12.3 Å². The number of aromatic nitrogens is 2. The minimum atomic E-state index is 0.610. The van der Waals surface area contributed by atoms with Crippen molar-refractivity contribution in [2.45, 2.75) is 19.8 Å². The van der Waals surface area contributed by atoms with Crippen molar-refractivity contribution in [3.63, 3.8) is 0 Å². The maximum atomic E-state index is 5.30. The predicted octanol–water partition coefficient (Wildman–Crippen LogP) is 2.35. The summed E-state index contributed by atoms with van der Waals surface area (Å²) in [4.78, 5) is 7.19. The van der Waals surface area contributed by atoms with E-state index in [2.05, 4.69) is 46.5 Å². The molecule has 1 aliphatic rings. The van der Waals surface area contributed by atoms with Crippen LogP contribution in [0.15, 0.2) is 47.7 Å². The number of likely N-dealkylation sites (tertiary alicyclic amines) is 1. The summed E-state index contributed by atoms with van der Waals surface area (Å²) in [7, 11) is 1.78. The Kier molecular flexibility index (Phi) is 6.66. The van der Waals surface area contributed by atoms with Crippen LogP contribution in [0.25, 0.3) is 5.69 Å². The van der Waals surface area contributed by atoms with E-state index in [0.717, 1.165) is 50.9 Å². The van der Waals surface area contributed by atoms with Crippen LogP contribution in [-0.2, 0) is 11.2 Å². The Morgan fingerprint density at radius 2 is 2.19 bits per heavy atom. The van der Waals surface area contributed by atoms with Crippen molar-refractivity contribution in [3.05, 3.63) is 48.3 Å². The maximum absolute atomic E-state index is 5.30. The molecule has 6 heteroatoms. The summed E-state index contributed by atoms with van der Waals surface area (Å²) in [5.74, 6) is 1.64. The molecule has 6 nitrogen and oxygen atoms in total. The molecular weight excluding hydrogens is 326 g/mol. The molecule has 0 spiro atoms. The summed E-state index contributed by atoms with van der Waals surface area (Å²) in [6.45, 7) is 6.71. The van der Waals surface area contributed by atoms with E-state index in [-0.39, 0.29) is 0 Å². The van der Waals surface area contributed by atoms with Gasteiger partial charge in [0, 0.05) is 51.6 Å². The third-order valence-corrected chi connectivity index (χ3v) is 4.69. The second-order valence-electron chi connectivity index (χ2n) is 6.66. The van der Waals surface area contributed by atoms with Crippen LogP contribution in [0.2, 0.25) is 0 Å². The quantitative estimate of drug-likeness (QED) is 0.612. The van der Waals surface area contributed by atoms with Crippen molar-refractivity contribution in [1.29, 1.82) is 0 Å². The zero-order valence-electron chi connectivity index (χ0n) is 15.8. The molecule has 3 rings (SSSR count). The molecule has 1 aromatic carbocycles. The first-order valence-electron chi connectivity index (χ1n) is 9.41. The van der Waals surface area contributed by atoms with Crippen LogP contribution in [0, 0.1) is 5.92 Å². The minimum absolute atomic E-state index is 0.610. The first-order valence-corrected chi connectivity index (χ1v) is 9.41. The van der Waals surface area contributed by atoms with Gasteiger partial charge in [-0.25, -0.2) is 4.68 Å². The third-order valence-electron chi connectivity index (χ3n) is 4.69. The number of nitrogens with one attached hydrogen (secondary N) is 1. The summed E-state index contributed by atoms with van der Waals surface area (Å²) in [6.07, 6.45) is 5.85. The van der Waals surface area contributed by atoms with Gasteiger partial charge in [0.1, 0.15) is 0 Å². The number of rotatable bonds is 7. The zero-order valence-corrected chi connectivity index (χ0v) is 15.8. The van der Waals surface area contributed by atoms with E-state index in [1.54, 1.807) is 13.3 Å². The Labute approximate surface area is 155 Å². The summed E-state index contributed by atoms with van der Waals surface area (Å²) < 4.78 is 7.17. The van der Waals surface area contributed by atoms with E-state index < -0.39 is 0 Å². The summed E-state index contributed by atoms with van der Waals surface area (Å²) >= 11 is 0. The monoisotopic (exact) mass is 355 g/mol. The highest BCUT2D eigenvalue weighted by Crippen LogP contribution is 2.16. The van der Waals surface area contributed by atoms with Crippen LogP contribution in [0.5, 0.6) is 0 Å². The van der Waals surface area contributed by atoms with Crippen molar-refractivity contribution in [1.82, 2.24) is 20.0 Å². The average Bonchev–Trinajstić information content (AvgIpc) is 3.34. The molecule has 140 valence electrons. The number of benzene rings is 1. The second-order valence-corrected chi connectivity index (χ2v) is 6.66. The fraction of sp³-hybridized carbons (Fsp3) is 0.500. The highest BCUT2D eigenvalue weighted by molar-refractivity contribution is 5.80. The molecule has 1 N–H and O–H groups in total. The van der Waals surface area contributed by atoms with E-state index in [1.165, 1.54) is 12.0 Å². The number of methoxy groups -OCH3 is 1. The number of hydrogen-bond donors (Lipinski definition) is 1. The normalized spacial score (nSPS) is 17.7. The molecule has 2 heterocycles. The molecule has 26 heavy (non-hydrogen) atoms. The zero-order chi connectivity index (χ0) is 18.2. The lowest BCUT2D eigenvalue weighted by Crippen LogP contribution is -2.40. The van der Waals surface area contributed by atoms with Gasteiger partial charge in [0.25, 0.3) is 0 Å². The topological polar surface area (TPSA) is 54.7 Å². The van der Waals surface area contributed by atoms with Gasteiger partial charge in [-0.15, -0.1) is 0 Å². The largest absolute Gasteiger partial charge is 0.384 e. The Morgan fingerprint density at radius 1 is 1.35 bits per heavy atom. The van der Waals surface area contributed by atoms with Crippen molar-refractivity contribution >= 4 is 5.96 Å². The van der Waals surface area contributed by atoms with E-state index in [0.29, 0.717) is 5.92 Å². The molecule has 0 amide bonds. The van der Waals surface area contributed by atoms with E-state index >= 15 is 0 Å². The van der Waals surface area contributed by atoms with Crippen LogP contribution >= 0.6 is 0 Å². The van der Waals surface area contributed by atoms with Crippen LogP contribution in [0.3, 0.4) is 0 Å². The lowest BCUT2D eigenvalue weighted by molar-refractivity contribution is 0.157. The van der Waals surface area contributed by atoms with Gasteiger partial charge in [-0.3, -0.25) is 4.99 Å². The highest BCUT2D eigenvalue weighted by Gasteiger charge is 2.24. The molecule has 0 aliphatic carbocycles. The molecule has 0 radical (unpaired) electrons. The van der Waals surface area contributed by atoms with Gasteiger partial charge in [0.15, 0.2) is 5.96 Å². The van der Waals surface area contributed by atoms with Gasteiger partial charge in [-0.1, -0.05) is 12.1 Å². The predicted molar refractivity (Wildman–Crippen MR) is 105 cm³/mol. The van der Waals surface area contributed by atoms with Crippen molar-refractivity contribution in [2.75, 3.05) is 39.9 Å². The first kappa shape index (κ1) is 18.5. The smallest absolute Gasteiger partial charge is 0.193 e. The van der Waals surface area contributed by atoms with Crippen LogP contribution in [-0.4, -0.2) is 60.5 Å². The SMILES string of the molecule is CCNC(=NCCc1ccc(-n2cccn2)cc1)N1CCC(COC)C1. The van der Waals surface area contributed by atoms with Crippen LogP contribution in [0.1, 0.15) is 18.9 Å². The van der Waals surface area contributed by atoms with Gasteiger partial charge < -0.3 is 15.0 Å². The lowest BCUT2D eigenvalue weighted by Gasteiger charge is -2.21. The Bertz CT molecular complexity index is 681. The summed E-state index contributed by atoms with van der Waals surface area (Å²) in [5, 5.41) is 7.68. The van der Waals surface area contributed by atoms with Crippen molar-refractivity contribution in [3.8, 4) is 5.69 Å². The second kappa shape index (κ2) is 9.38. The van der Waals surface area contributed by atoms with Gasteiger partial charge in [0.2, 0.25) is 0 Å². The summed E-state index contributed by atoms with van der Waals surface area (Å²) in [6, 6.07) is 10.5. The number of aliphatic imine (C=N–C) groups is 1. The molecule has 1 atom stereocenters. The first-order chi connectivity index (χ1) is 12.8. The van der Waals surface area contributed by atoms with Crippen LogP contribution < -0.4 is 5.32 Å². The molecule has 1 aromatic heterocycles. The molecule has 0 bridgehead atoms. The summed E-state index contributed by atoms with van der Waals surface area (Å²) in [5.41, 5.74) is 2.37. The Hall–Kier alpha value is -2.34. The number of ether oxygens (including phenoxy) is 1. The highest BCUT2D eigenvalue weighted by atomic mass is 16.5. The molecule has 1 unspecified atom stereocenters. The Morgan fingerprint density at radius 3 is 2.88 bits per heavy atom. The fourth-order valence-corrected chi connectivity index (χ4v) is 3.35. The van der Waals surface area contributed by atoms with E-state index in [1.807, 2.05) is 16.9 Å². The van der Waals surface area contributed by atoms with Gasteiger partial charge in [-0.05, 0) is 43.5 Å². The van der Waals surface area contributed by atoms with Crippen molar-refractivity contribution < 1.29 is 4.74 Å². The van der Waals surface area contributed by atoms with Crippen molar-refractivity contribution in [2.24, 2.45) is 10.9 Å². The third kappa shape index (κ3) is 4.85. The standard InChI is InChI=1S/C20H29N5O/c1-3-21-20(24-14-10-18(15-24)16-26-2)22-12-9-17-5-7-19(8-6-17)25-13-4-11-23-25/h4-8,11,13,18H,3,9-10,12,14-16H2,1-2H3,(H,21,22). The Balaban J connectivity index is 1.55. The van der Waals surface area contributed by atoms with E-state index in [9.17, 15) is 0 Å². The minimum Gasteiger partial charge on any atom is -0.384 e. The van der Waals surface area contributed by atoms with Gasteiger partial charge >= 0.3 is 0 Å². The van der Waals surface area contributed by atoms with Gasteiger partial charge in [-0.2, -0.15) is 5.10 Å². The molecule has 1 fully saturated rings. The fourth-order valence-electron chi connectivity index (χ4n) is 3.35. The molecule has 1 aliphatic heterocycles. The molecular formula is C20H29N5O. The van der Waals surface area contributed by atoms with E-state index in [4.69, 9.17) is 9.73 Å². The molecule has 1 saturated heterocycles. The number of hydrogen-bond acceptors (Lipinski definition) is 3. The average molecular weight is 355 g/mol. The lowest BCUT2D eigenvalue weighted by atomic mass is 10.1. The number of guanidine groups is 1. The number of nitrogens with zero attached hydrogens (tertiary/aromatic N) is 4. The van der Waals surface area contributed by atoms with Crippen LogP contribution in [0.4, 0.5) is 0 Å².